The zero-order valence-electron chi connectivity index (χ0n) is 8.45. The SMILES string of the molecule is Cc1cc(CC2(C(=O)O)CC2)n(C)n1. The van der Waals surface area contributed by atoms with Crippen molar-refractivity contribution in [3.05, 3.63) is 17.5 Å². The number of carboxylic acid groups (broad SMARTS) is 1. The molecule has 0 bridgehead atoms. The van der Waals surface area contributed by atoms with E-state index >= 15 is 0 Å². The van der Waals surface area contributed by atoms with Gasteiger partial charge in [0, 0.05) is 19.2 Å². The number of aryl methyl sites for hydroxylation is 2. The average molecular weight is 194 g/mol. The molecule has 1 aromatic heterocycles. The highest BCUT2D eigenvalue weighted by atomic mass is 16.4. The number of aliphatic carboxylic acids is 1. The van der Waals surface area contributed by atoms with Crippen LogP contribution in [0.25, 0.3) is 0 Å². The smallest absolute Gasteiger partial charge is 0.310 e. The summed E-state index contributed by atoms with van der Waals surface area (Å²) < 4.78 is 1.78. The van der Waals surface area contributed by atoms with Crippen LogP contribution in [-0.2, 0) is 18.3 Å². The molecule has 4 heteroatoms. The Labute approximate surface area is 82.5 Å². The maximum atomic E-state index is 11.0. The Morgan fingerprint density at radius 2 is 2.36 bits per heavy atom. The molecular weight excluding hydrogens is 180 g/mol. The van der Waals surface area contributed by atoms with Crippen molar-refractivity contribution in [3.8, 4) is 0 Å². The van der Waals surface area contributed by atoms with Gasteiger partial charge < -0.3 is 5.11 Å². The summed E-state index contributed by atoms with van der Waals surface area (Å²) >= 11 is 0. The normalized spacial score (nSPS) is 18.1. The van der Waals surface area contributed by atoms with Gasteiger partial charge in [0.05, 0.1) is 11.1 Å². The van der Waals surface area contributed by atoms with Crippen molar-refractivity contribution < 1.29 is 9.90 Å². The second-order valence-electron chi connectivity index (χ2n) is 4.16. The molecule has 1 aliphatic carbocycles. The van der Waals surface area contributed by atoms with E-state index in [-0.39, 0.29) is 0 Å². The highest BCUT2D eigenvalue weighted by molar-refractivity contribution is 5.78. The lowest BCUT2D eigenvalue weighted by atomic mass is 10.0. The Balaban J connectivity index is 2.19. The van der Waals surface area contributed by atoms with Gasteiger partial charge in [-0.1, -0.05) is 0 Å². The quantitative estimate of drug-likeness (QED) is 0.784. The van der Waals surface area contributed by atoms with Crippen LogP contribution in [0.3, 0.4) is 0 Å². The summed E-state index contributed by atoms with van der Waals surface area (Å²) in [5.74, 6) is -0.670. The molecule has 76 valence electrons. The Morgan fingerprint density at radius 3 is 2.71 bits per heavy atom. The number of hydrogen-bond acceptors (Lipinski definition) is 2. The van der Waals surface area contributed by atoms with Crippen molar-refractivity contribution in [2.45, 2.75) is 26.2 Å². The average Bonchev–Trinajstić information content (AvgIpc) is 2.77. The van der Waals surface area contributed by atoms with Crippen LogP contribution in [0.4, 0.5) is 0 Å². The monoisotopic (exact) mass is 194 g/mol. The van der Waals surface area contributed by atoms with Crippen LogP contribution < -0.4 is 0 Å². The van der Waals surface area contributed by atoms with Crippen molar-refractivity contribution in [1.29, 1.82) is 0 Å². The number of rotatable bonds is 3. The first-order valence-corrected chi connectivity index (χ1v) is 4.76. The standard InChI is InChI=1S/C10H14N2O2/c1-7-5-8(12(2)11-7)6-10(3-4-10)9(13)14/h5H,3-4,6H2,1-2H3,(H,13,14). The highest BCUT2D eigenvalue weighted by Crippen LogP contribution is 2.48. The topological polar surface area (TPSA) is 55.1 Å². The summed E-state index contributed by atoms with van der Waals surface area (Å²) in [4.78, 5) is 11.0. The number of hydrogen-bond donors (Lipinski definition) is 1. The summed E-state index contributed by atoms with van der Waals surface area (Å²) in [7, 11) is 1.86. The van der Waals surface area contributed by atoms with Gasteiger partial charge in [-0.05, 0) is 25.8 Å². The molecule has 0 atom stereocenters. The summed E-state index contributed by atoms with van der Waals surface area (Å²) in [5.41, 5.74) is 1.48. The third kappa shape index (κ3) is 1.41. The molecular formula is C10H14N2O2. The van der Waals surface area contributed by atoms with Crippen molar-refractivity contribution in [1.82, 2.24) is 9.78 Å². The van der Waals surface area contributed by atoms with Gasteiger partial charge in [0.15, 0.2) is 0 Å². The maximum absolute atomic E-state index is 11.0. The van der Waals surface area contributed by atoms with E-state index in [0.717, 1.165) is 24.2 Å². The molecule has 4 nitrogen and oxygen atoms in total. The highest BCUT2D eigenvalue weighted by Gasteiger charge is 2.50. The molecule has 1 N–H and O–H groups in total. The Kier molecular flexibility index (Phi) is 1.87. The fraction of sp³-hybridized carbons (Fsp3) is 0.600. The van der Waals surface area contributed by atoms with Gasteiger partial charge in [0.2, 0.25) is 0 Å². The Bertz CT molecular complexity index is 377. The third-order valence-corrected chi connectivity index (χ3v) is 2.93. The van der Waals surface area contributed by atoms with Crippen LogP contribution in [0.15, 0.2) is 6.07 Å². The molecule has 0 radical (unpaired) electrons. The zero-order valence-corrected chi connectivity index (χ0v) is 8.45. The predicted molar refractivity (Wildman–Crippen MR) is 51.0 cm³/mol. The zero-order chi connectivity index (χ0) is 10.3. The minimum atomic E-state index is -0.670. The second kappa shape index (κ2) is 2.83. The number of carbonyl (C=O) groups is 1. The van der Waals surface area contributed by atoms with Gasteiger partial charge in [0.25, 0.3) is 0 Å². The lowest BCUT2D eigenvalue weighted by Gasteiger charge is -2.08. The molecule has 14 heavy (non-hydrogen) atoms. The van der Waals surface area contributed by atoms with E-state index in [1.807, 2.05) is 20.0 Å². The first-order chi connectivity index (χ1) is 6.53. The minimum absolute atomic E-state index is 0.486. The van der Waals surface area contributed by atoms with E-state index < -0.39 is 11.4 Å². The van der Waals surface area contributed by atoms with E-state index in [1.165, 1.54) is 0 Å². The number of nitrogens with zero attached hydrogens (tertiary/aromatic N) is 2. The van der Waals surface area contributed by atoms with Crippen molar-refractivity contribution >= 4 is 5.97 Å². The summed E-state index contributed by atoms with van der Waals surface area (Å²) in [6.45, 7) is 1.92. The Morgan fingerprint density at radius 1 is 1.71 bits per heavy atom. The van der Waals surface area contributed by atoms with Crippen LogP contribution >= 0.6 is 0 Å². The van der Waals surface area contributed by atoms with Gasteiger partial charge in [-0.15, -0.1) is 0 Å². The molecule has 1 saturated carbocycles. The summed E-state index contributed by atoms with van der Waals surface area (Å²) in [6.07, 6.45) is 2.21. The van der Waals surface area contributed by atoms with Gasteiger partial charge in [-0.2, -0.15) is 5.10 Å². The van der Waals surface area contributed by atoms with Crippen LogP contribution in [-0.4, -0.2) is 20.9 Å². The van der Waals surface area contributed by atoms with E-state index in [1.54, 1.807) is 4.68 Å². The van der Waals surface area contributed by atoms with E-state index in [4.69, 9.17) is 5.11 Å². The predicted octanol–water partition coefficient (Wildman–Crippen LogP) is 1.14. The van der Waals surface area contributed by atoms with Gasteiger partial charge in [-0.3, -0.25) is 9.48 Å². The van der Waals surface area contributed by atoms with Crippen molar-refractivity contribution in [2.75, 3.05) is 0 Å². The fourth-order valence-electron chi connectivity index (χ4n) is 1.79. The fourth-order valence-corrected chi connectivity index (χ4v) is 1.79. The molecule has 0 saturated heterocycles. The van der Waals surface area contributed by atoms with Crippen LogP contribution in [0, 0.1) is 12.3 Å². The third-order valence-electron chi connectivity index (χ3n) is 2.93. The van der Waals surface area contributed by atoms with E-state index in [9.17, 15) is 4.79 Å². The first-order valence-electron chi connectivity index (χ1n) is 4.76. The van der Waals surface area contributed by atoms with E-state index in [2.05, 4.69) is 5.10 Å². The molecule has 1 aliphatic rings. The maximum Gasteiger partial charge on any atom is 0.310 e. The van der Waals surface area contributed by atoms with Crippen LogP contribution in [0.1, 0.15) is 24.2 Å². The number of aromatic nitrogens is 2. The molecule has 1 aromatic rings. The first kappa shape index (κ1) is 9.24. The summed E-state index contributed by atoms with van der Waals surface area (Å²) in [5, 5.41) is 13.2. The van der Waals surface area contributed by atoms with E-state index in [0.29, 0.717) is 6.42 Å². The summed E-state index contributed by atoms with van der Waals surface area (Å²) in [6, 6.07) is 1.96. The van der Waals surface area contributed by atoms with Gasteiger partial charge in [-0.25, -0.2) is 0 Å². The van der Waals surface area contributed by atoms with Crippen molar-refractivity contribution in [3.63, 3.8) is 0 Å². The molecule has 2 rings (SSSR count). The molecule has 0 amide bonds. The van der Waals surface area contributed by atoms with Gasteiger partial charge in [0.1, 0.15) is 0 Å². The molecule has 1 fully saturated rings. The minimum Gasteiger partial charge on any atom is -0.481 e. The molecule has 0 aliphatic heterocycles. The Hall–Kier alpha value is -1.32. The lowest BCUT2D eigenvalue weighted by Crippen LogP contribution is -2.19. The lowest BCUT2D eigenvalue weighted by molar-refractivity contribution is -0.143. The molecule has 0 aromatic carbocycles. The van der Waals surface area contributed by atoms with Crippen LogP contribution in [0.2, 0.25) is 0 Å². The second-order valence-corrected chi connectivity index (χ2v) is 4.16. The van der Waals surface area contributed by atoms with Gasteiger partial charge >= 0.3 is 5.97 Å². The molecule has 1 heterocycles. The van der Waals surface area contributed by atoms with Crippen molar-refractivity contribution in [2.24, 2.45) is 12.5 Å². The van der Waals surface area contributed by atoms with Crippen LogP contribution in [0.5, 0.6) is 0 Å². The molecule has 0 spiro atoms. The number of carboxylic acids is 1. The molecule has 0 unspecified atom stereocenters. The largest absolute Gasteiger partial charge is 0.481 e.